The van der Waals surface area contributed by atoms with E-state index in [1.165, 1.54) is 115 Å². The zero-order valence-corrected chi connectivity index (χ0v) is 29.0. The van der Waals surface area contributed by atoms with Crippen LogP contribution in [0.4, 0.5) is 0 Å². The maximum absolute atomic E-state index is 13.5. The molecule has 6 aliphatic heterocycles. The number of hydrogen-bond donors (Lipinski definition) is 2. The minimum Gasteiger partial charge on any atom is -0.462 e. The fourth-order valence-electron chi connectivity index (χ4n) is 9.74. The summed E-state index contributed by atoms with van der Waals surface area (Å²) >= 11 is 0. The molecule has 1 unspecified atom stereocenters. The van der Waals surface area contributed by atoms with E-state index in [2.05, 4.69) is 48.1 Å². The second-order valence-corrected chi connectivity index (χ2v) is 15.7. The Morgan fingerprint density at radius 1 is 0.800 bits per heavy atom. The summed E-state index contributed by atoms with van der Waals surface area (Å²) in [6.45, 7) is 8.79. The van der Waals surface area contributed by atoms with Gasteiger partial charge in [-0.1, -0.05) is 64.7 Å². The lowest BCUT2D eigenvalue weighted by Gasteiger charge is -2.47. The molecule has 8 nitrogen and oxygen atoms in total. The van der Waals surface area contributed by atoms with Gasteiger partial charge in [0.25, 0.3) is 0 Å². The first kappa shape index (κ1) is 32.9. The van der Waals surface area contributed by atoms with Crippen LogP contribution in [0.1, 0.15) is 156 Å². The Labute approximate surface area is 274 Å². The summed E-state index contributed by atoms with van der Waals surface area (Å²) in [4.78, 5) is 28.8. The second-order valence-electron chi connectivity index (χ2n) is 15.7. The number of nitrogens with one attached hydrogen (secondary N) is 2. The van der Waals surface area contributed by atoms with Crippen molar-refractivity contribution in [1.82, 2.24) is 20.4 Å². The summed E-state index contributed by atoms with van der Waals surface area (Å²) in [5, 5.41) is 7.46. The van der Waals surface area contributed by atoms with Gasteiger partial charge in [0.2, 0.25) is 0 Å². The van der Waals surface area contributed by atoms with Crippen molar-refractivity contribution in [3.63, 3.8) is 0 Å². The number of unbranched alkanes of at least 4 members (excludes halogenated alkanes) is 8. The first-order valence-electron chi connectivity index (χ1n) is 19.4. The Balaban J connectivity index is 0.903. The zero-order valence-electron chi connectivity index (χ0n) is 29.0. The van der Waals surface area contributed by atoms with Gasteiger partial charge in [-0.25, -0.2) is 9.98 Å². The molecule has 6 heterocycles. The quantitative estimate of drug-likeness (QED) is 0.143. The lowest BCUT2D eigenvalue weighted by atomic mass is 9.89. The maximum atomic E-state index is 13.5. The lowest BCUT2D eigenvalue weighted by molar-refractivity contribution is -0.156. The minimum absolute atomic E-state index is 0.0275. The van der Waals surface area contributed by atoms with Crippen molar-refractivity contribution in [3.05, 3.63) is 0 Å². The standard InChI is InChI=1S/C37H64N6O2/c1-5-6-7-8-9-10-13-16-29-24-32-20-21-33-34(27(4)39-37(41-29)43(32)33)35(44)45-26(3)15-12-11-14-17-28-23-31-19-18-30-22-25(2)38-36(40-28)42(30)31/h25-34H,5-24H2,1-4H3,(H,38,40)(H,39,41)/t25-,26?,27-,28-,29-,30+,31+,32+,33+,34+/m1/s1. The van der Waals surface area contributed by atoms with Gasteiger partial charge in [-0.2, -0.15) is 0 Å². The average molecular weight is 625 g/mol. The molecule has 0 saturated carbocycles. The Bertz CT molecular complexity index is 1050. The second kappa shape index (κ2) is 15.3. The van der Waals surface area contributed by atoms with Crippen LogP contribution >= 0.6 is 0 Å². The van der Waals surface area contributed by atoms with Gasteiger partial charge in [-0.3, -0.25) is 4.79 Å². The van der Waals surface area contributed by atoms with Gasteiger partial charge in [0.05, 0.1) is 24.1 Å². The van der Waals surface area contributed by atoms with Crippen LogP contribution < -0.4 is 10.6 Å². The first-order chi connectivity index (χ1) is 21.9. The molecule has 0 aliphatic carbocycles. The van der Waals surface area contributed by atoms with E-state index in [1.54, 1.807) is 0 Å². The van der Waals surface area contributed by atoms with Gasteiger partial charge in [-0.15, -0.1) is 0 Å². The van der Waals surface area contributed by atoms with Gasteiger partial charge in [0.15, 0.2) is 11.9 Å². The number of guanidine groups is 2. The molecule has 254 valence electrons. The maximum Gasteiger partial charge on any atom is 0.313 e. The molecular weight excluding hydrogens is 560 g/mol. The number of carbonyl (C=O) groups excluding carboxylic acids is 1. The van der Waals surface area contributed by atoms with Crippen LogP contribution in [0.25, 0.3) is 0 Å². The van der Waals surface area contributed by atoms with Crippen molar-refractivity contribution in [2.45, 2.75) is 211 Å². The molecule has 0 amide bonds. The van der Waals surface area contributed by atoms with Gasteiger partial charge in [-0.05, 0) is 91.4 Å². The van der Waals surface area contributed by atoms with E-state index in [-0.39, 0.29) is 30.1 Å². The van der Waals surface area contributed by atoms with Gasteiger partial charge < -0.3 is 25.2 Å². The number of carbonyl (C=O) groups is 1. The van der Waals surface area contributed by atoms with Crippen LogP contribution in [0.2, 0.25) is 0 Å². The number of hydrogen-bond acceptors (Lipinski definition) is 8. The van der Waals surface area contributed by atoms with Crippen molar-refractivity contribution in [2.24, 2.45) is 15.9 Å². The van der Waals surface area contributed by atoms with Gasteiger partial charge in [0, 0.05) is 36.3 Å². The van der Waals surface area contributed by atoms with E-state index in [1.807, 2.05) is 0 Å². The third-order valence-electron chi connectivity index (χ3n) is 12.0. The van der Waals surface area contributed by atoms with Crippen molar-refractivity contribution < 1.29 is 9.53 Å². The topological polar surface area (TPSA) is 81.6 Å². The highest BCUT2D eigenvalue weighted by Crippen LogP contribution is 2.40. The smallest absolute Gasteiger partial charge is 0.313 e. The highest BCUT2D eigenvalue weighted by atomic mass is 16.5. The SMILES string of the molecule is CCCCCCCCC[C@@H]1C[C@@H]2CC[C@H]3[C@@H](C(=O)OC(C)CCCCC[C@@H]4C[C@@H]5CC[C@H]6C[C@@H](C)NC(=N4)N56)[C@@H](C)N=C(N1)N23. The molecule has 6 aliphatic rings. The van der Waals surface area contributed by atoms with E-state index < -0.39 is 0 Å². The summed E-state index contributed by atoms with van der Waals surface area (Å²) in [7, 11) is 0. The fraction of sp³-hybridized carbons (Fsp3) is 0.919. The first-order valence-corrected chi connectivity index (χ1v) is 19.4. The largest absolute Gasteiger partial charge is 0.462 e. The molecule has 0 aromatic heterocycles. The summed E-state index contributed by atoms with van der Waals surface area (Å²) in [5.41, 5.74) is 0. The molecule has 10 atom stereocenters. The van der Waals surface area contributed by atoms with Crippen LogP contribution in [-0.2, 0) is 9.53 Å². The molecule has 0 spiro atoms. The van der Waals surface area contributed by atoms with E-state index in [9.17, 15) is 4.79 Å². The number of ether oxygens (including phenoxy) is 1. The predicted molar refractivity (Wildman–Crippen MR) is 184 cm³/mol. The van der Waals surface area contributed by atoms with Crippen molar-refractivity contribution >= 4 is 17.9 Å². The average Bonchev–Trinajstić information content (AvgIpc) is 3.61. The van der Waals surface area contributed by atoms with E-state index in [0.29, 0.717) is 36.3 Å². The van der Waals surface area contributed by atoms with Crippen molar-refractivity contribution in [1.29, 1.82) is 0 Å². The lowest BCUT2D eigenvalue weighted by Crippen LogP contribution is -2.63. The minimum atomic E-state index is -0.154. The number of rotatable bonds is 16. The number of aliphatic imine (C=N–C) groups is 2. The molecule has 45 heavy (non-hydrogen) atoms. The fourth-order valence-corrected chi connectivity index (χ4v) is 9.74. The molecule has 4 fully saturated rings. The molecule has 0 aromatic carbocycles. The summed E-state index contributed by atoms with van der Waals surface area (Å²) in [6.07, 6.45) is 24.9. The van der Waals surface area contributed by atoms with Gasteiger partial charge >= 0.3 is 5.97 Å². The number of esters is 1. The number of nitrogens with zero attached hydrogens (tertiary/aromatic N) is 4. The molecule has 0 bridgehead atoms. The van der Waals surface area contributed by atoms with E-state index in [4.69, 9.17) is 14.7 Å². The molecule has 2 N–H and O–H groups in total. The Morgan fingerprint density at radius 2 is 1.47 bits per heavy atom. The van der Waals surface area contributed by atoms with Crippen molar-refractivity contribution in [2.75, 3.05) is 0 Å². The molecule has 0 radical (unpaired) electrons. The van der Waals surface area contributed by atoms with Crippen LogP contribution in [0.15, 0.2) is 9.98 Å². The molecule has 4 saturated heterocycles. The monoisotopic (exact) mass is 625 g/mol. The van der Waals surface area contributed by atoms with Crippen LogP contribution in [0.3, 0.4) is 0 Å². The van der Waals surface area contributed by atoms with Crippen LogP contribution in [0, 0.1) is 5.92 Å². The predicted octanol–water partition coefficient (Wildman–Crippen LogP) is 6.92. The zero-order chi connectivity index (χ0) is 31.3. The Kier molecular flexibility index (Phi) is 11.2. The van der Waals surface area contributed by atoms with Crippen LogP contribution in [-0.4, -0.2) is 82.1 Å². The molecule has 6 rings (SSSR count). The van der Waals surface area contributed by atoms with Gasteiger partial charge in [0.1, 0.15) is 0 Å². The summed E-state index contributed by atoms with van der Waals surface area (Å²) in [6, 6.07) is 3.66. The third kappa shape index (κ3) is 7.77. The normalized spacial score (nSPS) is 35.5. The highest BCUT2D eigenvalue weighted by Gasteiger charge is 2.51. The van der Waals surface area contributed by atoms with E-state index >= 15 is 0 Å². The Morgan fingerprint density at radius 3 is 2.29 bits per heavy atom. The molecule has 0 aromatic rings. The third-order valence-corrected chi connectivity index (χ3v) is 12.0. The van der Waals surface area contributed by atoms with Crippen LogP contribution in [0.5, 0.6) is 0 Å². The highest BCUT2D eigenvalue weighted by molar-refractivity contribution is 5.86. The molecule has 8 heteroatoms. The molecular formula is C37H64N6O2. The Hall–Kier alpha value is -1.99. The summed E-state index contributed by atoms with van der Waals surface area (Å²) in [5.74, 6) is 2.06. The van der Waals surface area contributed by atoms with E-state index in [0.717, 1.165) is 25.2 Å². The van der Waals surface area contributed by atoms with Crippen molar-refractivity contribution in [3.8, 4) is 0 Å². The summed E-state index contributed by atoms with van der Waals surface area (Å²) < 4.78 is 6.12.